The van der Waals surface area contributed by atoms with Crippen LogP contribution in [0.1, 0.15) is 5.56 Å². The van der Waals surface area contributed by atoms with E-state index in [1.807, 2.05) is 0 Å². The van der Waals surface area contributed by atoms with Gasteiger partial charge in [0.25, 0.3) is 0 Å². The molecule has 1 aliphatic rings. The first-order valence-electron chi connectivity index (χ1n) is 4.86. The van der Waals surface area contributed by atoms with Crippen molar-refractivity contribution in [3.05, 3.63) is 33.8 Å². The topological polar surface area (TPSA) is 45.6 Å². The fourth-order valence-corrected chi connectivity index (χ4v) is 1.82. The van der Waals surface area contributed by atoms with Crippen LogP contribution in [0.5, 0.6) is 0 Å². The predicted octanol–water partition coefficient (Wildman–Crippen LogP) is 2.40. The van der Waals surface area contributed by atoms with Crippen molar-refractivity contribution < 1.29 is 4.84 Å². The van der Waals surface area contributed by atoms with Gasteiger partial charge in [-0.25, -0.2) is 10.5 Å². The van der Waals surface area contributed by atoms with Gasteiger partial charge in [0.2, 0.25) is 5.96 Å². The second-order valence-electron chi connectivity index (χ2n) is 3.25. The molecule has 4 nitrogen and oxygen atoms in total. The molecule has 1 aromatic carbocycles. The van der Waals surface area contributed by atoms with Crippen molar-refractivity contribution in [3.63, 3.8) is 0 Å². The summed E-state index contributed by atoms with van der Waals surface area (Å²) in [4.78, 5) is 9.37. The predicted molar refractivity (Wildman–Crippen MR) is 71.9 cm³/mol. The molecule has 94 valence electrons. The Balaban J connectivity index is 0.00000144. The highest BCUT2D eigenvalue weighted by Gasteiger charge is 2.07. The van der Waals surface area contributed by atoms with Crippen LogP contribution >= 0.6 is 35.6 Å². The molecular formula is C10H12Cl3N3O. The highest BCUT2D eigenvalue weighted by atomic mass is 35.5. The van der Waals surface area contributed by atoms with Crippen molar-refractivity contribution in [3.8, 4) is 0 Å². The Bertz CT molecular complexity index is 392. The van der Waals surface area contributed by atoms with Gasteiger partial charge in [-0.1, -0.05) is 29.3 Å². The third-order valence-corrected chi connectivity index (χ3v) is 2.83. The number of benzene rings is 1. The van der Waals surface area contributed by atoms with Gasteiger partial charge in [-0.3, -0.25) is 4.84 Å². The zero-order chi connectivity index (χ0) is 11.4. The molecular weight excluding hydrogens is 284 g/mol. The van der Waals surface area contributed by atoms with Gasteiger partial charge in [-0.15, -0.1) is 12.4 Å². The number of nitrogens with one attached hydrogen (secondary N) is 2. The van der Waals surface area contributed by atoms with E-state index in [0.29, 0.717) is 22.6 Å². The first-order chi connectivity index (χ1) is 7.77. The average Bonchev–Trinajstić information content (AvgIpc) is 2.75. The molecule has 7 heteroatoms. The van der Waals surface area contributed by atoms with Gasteiger partial charge >= 0.3 is 0 Å². The summed E-state index contributed by atoms with van der Waals surface area (Å²) in [5.41, 5.74) is 3.47. The number of hydrogen-bond acceptors (Lipinski definition) is 4. The van der Waals surface area contributed by atoms with Crippen LogP contribution in [0, 0.1) is 0 Å². The quantitative estimate of drug-likeness (QED) is 0.842. The smallest absolute Gasteiger partial charge is 0.215 e. The first kappa shape index (κ1) is 14.4. The summed E-state index contributed by atoms with van der Waals surface area (Å²) in [7, 11) is 0. The Morgan fingerprint density at radius 1 is 1.35 bits per heavy atom. The summed E-state index contributed by atoms with van der Waals surface area (Å²) in [6, 6.07) is 5.35. The molecule has 1 aliphatic heterocycles. The zero-order valence-electron chi connectivity index (χ0n) is 8.87. The molecule has 0 unspecified atom stereocenters. The summed E-state index contributed by atoms with van der Waals surface area (Å²) in [6.45, 7) is 1.89. The Labute approximate surface area is 116 Å². The average molecular weight is 297 g/mol. The maximum atomic E-state index is 5.99. The van der Waals surface area contributed by atoms with E-state index >= 15 is 0 Å². The minimum Gasteiger partial charge on any atom is -0.353 e. The van der Waals surface area contributed by atoms with Gasteiger partial charge in [-0.05, 0) is 12.1 Å². The minimum absolute atomic E-state index is 0. The summed E-state index contributed by atoms with van der Waals surface area (Å²) < 4.78 is 0. The molecule has 2 rings (SSSR count). The van der Waals surface area contributed by atoms with Gasteiger partial charge in [0.05, 0.1) is 6.54 Å². The van der Waals surface area contributed by atoms with Crippen LogP contribution in [0.2, 0.25) is 10.0 Å². The van der Waals surface area contributed by atoms with Gasteiger partial charge in [0.1, 0.15) is 6.61 Å². The molecule has 0 radical (unpaired) electrons. The molecule has 0 aromatic heterocycles. The number of rotatable bonds is 3. The molecule has 0 bridgehead atoms. The number of hydrogen-bond donors (Lipinski definition) is 2. The van der Waals surface area contributed by atoms with Gasteiger partial charge < -0.3 is 5.32 Å². The number of nitrogens with zero attached hydrogens (tertiary/aromatic N) is 1. The summed E-state index contributed by atoms with van der Waals surface area (Å²) in [5.74, 6) is 0.642. The van der Waals surface area contributed by atoms with E-state index in [2.05, 4.69) is 15.8 Å². The fraction of sp³-hybridized carbons (Fsp3) is 0.300. The maximum Gasteiger partial charge on any atom is 0.215 e. The van der Waals surface area contributed by atoms with Crippen LogP contribution in [0.4, 0.5) is 0 Å². The lowest BCUT2D eigenvalue weighted by molar-refractivity contribution is 0.0695. The second kappa shape index (κ2) is 6.91. The molecule has 0 fully saturated rings. The van der Waals surface area contributed by atoms with Crippen molar-refractivity contribution >= 4 is 41.6 Å². The van der Waals surface area contributed by atoms with E-state index in [0.717, 1.165) is 18.7 Å². The van der Waals surface area contributed by atoms with Crippen molar-refractivity contribution in [1.82, 2.24) is 10.8 Å². The van der Waals surface area contributed by atoms with Crippen LogP contribution in [-0.2, 0) is 11.4 Å². The molecule has 0 spiro atoms. The van der Waals surface area contributed by atoms with Crippen molar-refractivity contribution in [1.29, 1.82) is 0 Å². The molecule has 1 heterocycles. The zero-order valence-corrected chi connectivity index (χ0v) is 11.2. The van der Waals surface area contributed by atoms with Crippen LogP contribution in [0.3, 0.4) is 0 Å². The lowest BCUT2D eigenvalue weighted by Gasteiger charge is -2.09. The third kappa shape index (κ3) is 3.92. The largest absolute Gasteiger partial charge is 0.353 e. The molecule has 17 heavy (non-hydrogen) atoms. The van der Waals surface area contributed by atoms with Gasteiger partial charge in [-0.2, -0.15) is 0 Å². The maximum absolute atomic E-state index is 5.99. The number of aliphatic imine (C=N–C) groups is 1. The van der Waals surface area contributed by atoms with Crippen LogP contribution in [-0.4, -0.2) is 19.0 Å². The third-order valence-electron chi connectivity index (χ3n) is 2.12. The SMILES string of the molecule is Cl.Clc1cccc(Cl)c1CONC1=NCCN1. The summed E-state index contributed by atoms with van der Waals surface area (Å²) >= 11 is 12.0. The number of halogens is 3. The number of guanidine groups is 1. The summed E-state index contributed by atoms with van der Waals surface area (Å²) in [5, 5.41) is 4.21. The minimum atomic E-state index is 0. The monoisotopic (exact) mass is 295 g/mol. The highest BCUT2D eigenvalue weighted by Crippen LogP contribution is 2.24. The normalized spacial score (nSPS) is 13.6. The Kier molecular flexibility index (Phi) is 5.85. The van der Waals surface area contributed by atoms with Crippen LogP contribution in [0.15, 0.2) is 23.2 Å². The molecule has 0 aliphatic carbocycles. The van der Waals surface area contributed by atoms with Crippen LogP contribution in [0.25, 0.3) is 0 Å². The lowest BCUT2D eigenvalue weighted by atomic mass is 10.2. The van der Waals surface area contributed by atoms with Crippen molar-refractivity contribution in [2.24, 2.45) is 4.99 Å². The Hall–Kier alpha value is -0.680. The Morgan fingerprint density at radius 2 is 2.06 bits per heavy atom. The Morgan fingerprint density at radius 3 is 2.65 bits per heavy atom. The first-order valence-corrected chi connectivity index (χ1v) is 5.62. The highest BCUT2D eigenvalue weighted by molar-refractivity contribution is 6.35. The van der Waals surface area contributed by atoms with Crippen molar-refractivity contribution in [2.45, 2.75) is 6.61 Å². The van der Waals surface area contributed by atoms with Gasteiger partial charge in [0.15, 0.2) is 0 Å². The van der Waals surface area contributed by atoms with Gasteiger partial charge in [0, 0.05) is 22.2 Å². The lowest BCUT2D eigenvalue weighted by Crippen LogP contribution is -2.33. The molecule has 1 aromatic rings. The molecule has 0 saturated carbocycles. The van der Waals surface area contributed by atoms with E-state index in [9.17, 15) is 0 Å². The molecule has 0 saturated heterocycles. The fourth-order valence-electron chi connectivity index (χ4n) is 1.31. The summed E-state index contributed by atoms with van der Waals surface area (Å²) in [6.07, 6.45) is 0. The van der Waals surface area contributed by atoms with E-state index in [1.54, 1.807) is 18.2 Å². The van der Waals surface area contributed by atoms with Crippen molar-refractivity contribution in [2.75, 3.05) is 13.1 Å². The molecule has 0 atom stereocenters. The van der Waals surface area contributed by atoms with Crippen LogP contribution < -0.4 is 10.8 Å². The standard InChI is InChI=1S/C10H11Cl2N3O.ClH/c11-8-2-1-3-9(12)7(8)6-16-15-10-13-4-5-14-10;/h1-3H,4-6H2,(H2,13,14,15);1H. The van der Waals surface area contributed by atoms with E-state index < -0.39 is 0 Å². The molecule has 0 amide bonds. The number of hydroxylamine groups is 1. The van der Waals surface area contributed by atoms with E-state index in [1.165, 1.54) is 0 Å². The molecule has 2 N–H and O–H groups in total. The second-order valence-corrected chi connectivity index (χ2v) is 4.06. The van der Waals surface area contributed by atoms with E-state index in [-0.39, 0.29) is 12.4 Å². The van der Waals surface area contributed by atoms with E-state index in [4.69, 9.17) is 28.0 Å².